The summed E-state index contributed by atoms with van der Waals surface area (Å²) < 4.78 is 41.1. The van der Waals surface area contributed by atoms with Crippen LogP contribution in [0.25, 0.3) is 0 Å². The second kappa shape index (κ2) is 6.04. The first-order valence-corrected chi connectivity index (χ1v) is 6.03. The molecule has 0 aliphatic heterocycles. The number of nitrogens with zero attached hydrogens (tertiary/aromatic N) is 3. The number of hydrogen-bond acceptors (Lipinski definition) is 4. The number of nitriles is 1. The van der Waals surface area contributed by atoms with E-state index in [1.54, 1.807) is 0 Å². The summed E-state index contributed by atoms with van der Waals surface area (Å²) in [6.45, 7) is 3.86. The molecule has 1 heterocycles. The van der Waals surface area contributed by atoms with Gasteiger partial charge in [0.05, 0.1) is 12.5 Å². The molecule has 0 saturated carbocycles. The molecule has 0 amide bonds. The van der Waals surface area contributed by atoms with Gasteiger partial charge in [-0.2, -0.15) is 23.4 Å². The summed E-state index contributed by atoms with van der Waals surface area (Å²) in [7, 11) is 0. The molecule has 1 aromatic rings. The molecule has 0 aliphatic carbocycles. The summed E-state index contributed by atoms with van der Waals surface area (Å²) in [6.07, 6.45) is -3.98. The van der Waals surface area contributed by atoms with Gasteiger partial charge in [-0.3, -0.25) is 0 Å². The van der Waals surface area contributed by atoms with Crippen molar-refractivity contribution in [1.82, 2.24) is 10.1 Å². The van der Waals surface area contributed by atoms with Crippen LogP contribution < -0.4 is 0 Å². The molecule has 0 saturated heterocycles. The van der Waals surface area contributed by atoms with Gasteiger partial charge in [0.25, 0.3) is 0 Å². The highest BCUT2D eigenvalue weighted by Gasteiger charge is 2.29. The molecule has 1 atom stereocenters. The van der Waals surface area contributed by atoms with E-state index in [0.717, 1.165) is 6.42 Å². The fourth-order valence-electron chi connectivity index (χ4n) is 1.59. The molecule has 0 fully saturated rings. The number of aromatic nitrogens is 2. The minimum Gasteiger partial charge on any atom is -0.339 e. The molecular weight excluding hydrogens is 259 g/mol. The van der Waals surface area contributed by atoms with Gasteiger partial charge in [0.15, 0.2) is 5.82 Å². The molecule has 19 heavy (non-hydrogen) atoms. The van der Waals surface area contributed by atoms with Crippen molar-refractivity contribution < 1.29 is 17.7 Å². The average Bonchev–Trinajstić information content (AvgIpc) is 2.73. The quantitative estimate of drug-likeness (QED) is 0.797. The van der Waals surface area contributed by atoms with Crippen molar-refractivity contribution in [3.63, 3.8) is 0 Å². The third-order valence-electron chi connectivity index (χ3n) is 3.08. The number of rotatable bonds is 6. The van der Waals surface area contributed by atoms with Crippen LogP contribution >= 0.6 is 0 Å². The third kappa shape index (κ3) is 5.28. The molecule has 4 nitrogen and oxygen atoms in total. The Balaban J connectivity index is 2.62. The van der Waals surface area contributed by atoms with Gasteiger partial charge in [0, 0.05) is 19.3 Å². The van der Waals surface area contributed by atoms with E-state index in [1.165, 1.54) is 0 Å². The first-order chi connectivity index (χ1) is 8.78. The van der Waals surface area contributed by atoms with Gasteiger partial charge < -0.3 is 4.52 Å². The predicted octanol–water partition coefficient (Wildman–Crippen LogP) is 3.44. The molecule has 1 unspecified atom stereocenters. The highest BCUT2D eigenvalue weighted by atomic mass is 19.4. The first kappa shape index (κ1) is 15.5. The minimum absolute atomic E-state index is 0.0581. The lowest BCUT2D eigenvalue weighted by Gasteiger charge is -2.22. The number of hydrogen-bond donors (Lipinski definition) is 0. The van der Waals surface area contributed by atoms with Gasteiger partial charge in [0.2, 0.25) is 5.89 Å². The highest BCUT2D eigenvalue weighted by molar-refractivity contribution is 4.95. The highest BCUT2D eigenvalue weighted by Crippen LogP contribution is 2.29. The Morgan fingerprint density at radius 3 is 2.58 bits per heavy atom. The zero-order valence-corrected chi connectivity index (χ0v) is 10.9. The lowest BCUT2D eigenvalue weighted by Crippen LogP contribution is -2.18. The Hall–Kier alpha value is -1.58. The molecule has 1 aromatic heterocycles. The summed E-state index contributed by atoms with van der Waals surface area (Å²) in [5, 5.41) is 12.3. The number of alkyl halides is 3. The van der Waals surface area contributed by atoms with Crippen LogP contribution in [0, 0.1) is 16.7 Å². The van der Waals surface area contributed by atoms with Crippen molar-refractivity contribution in [2.45, 2.75) is 52.1 Å². The molecule has 0 radical (unpaired) electrons. The van der Waals surface area contributed by atoms with E-state index < -0.39 is 12.6 Å². The van der Waals surface area contributed by atoms with Gasteiger partial charge in [0.1, 0.15) is 0 Å². The van der Waals surface area contributed by atoms with E-state index in [0.29, 0.717) is 12.8 Å². The van der Waals surface area contributed by atoms with Gasteiger partial charge in [-0.25, -0.2) is 0 Å². The molecule has 7 heteroatoms. The van der Waals surface area contributed by atoms with Gasteiger partial charge in [-0.15, -0.1) is 0 Å². The third-order valence-corrected chi connectivity index (χ3v) is 3.08. The van der Waals surface area contributed by atoms with Crippen molar-refractivity contribution in [2.24, 2.45) is 5.41 Å². The summed E-state index contributed by atoms with van der Waals surface area (Å²) in [4.78, 5) is 3.94. The van der Waals surface area contributed by atoms with E-state index in [-0.39, 0.29) is 23.6 Å². The van der Waals surface area contributed by atoms with Crippen molar-refractivity contribution >= 4 is 0 Å². The molecule has 106 valence electrons. The van der Waals surface area contributed by atoms with Crippen molar-refractivity contribution in [3.05, 3.63) is 11.7 Å². The van der Waals surface area contributed by atoms with Gasteiger partial charge in [-0.1, -0.05) is 19.0 Å². The second-order valence-electron chi connectivity index (χ2n) is 4.90. The van der Waals surface area contributed by atoms with E-state index in [1.807, 2.05) is 13.8 Å². The molecule has 1 rings (SSSR count). The lowest BCUT2D eigenvalue weighted by atomic mass is 9.81. The van der Waals surface area contributed by atoms with E-state index in [4.69, 9.17) is 9.78 Å². The lowest BCUT2D eigenvalue weighted by molar-refractivity contribution is -0.134. The Bertz CT molecular complexity index is 450. The van der Waals surface area contributed by atoms with Crippen molar-refractivity contribution in [2.75, 3.05) is 0 Å². The van der Waals surface area contributed by atoms with E-state index in [9.17, 15) is 13.2 Å². The maximum absolute atomic E-state index is 12.1. The van der Waals surface area contributed by atoms with Crippen LogP contribution in [0.2, 0.25) is 0 Å². The van der Waals surface area contributed by atoms with Gasteiger partial charge >= 0.3 is 6.18 Å². The monoisotopic (exact) mass is 275 g/mol. The fraction of sp³-hybridized carbons (Fsp3) is 0.750. The van der Waals surface area contributed by atoms with E-state index in [2.05, 4.69) is 16.2 Å². The van der Waals surface area contributed by atoms with Crippen molar-refractivity contribution in [1.29, 1.82) is 5.26 Å². The molecule has 0 spiro atoms. The topological polar surface area (TPSA) is 62.7 Å². The maximum atomic E-state index is 12.1. The van der Waals surface area contributed by atoms with Crippen LogP contribution in [0.1, 0.15) is 44.8 Å². The SMILES string of the molecule is CCC(C)(CC#N)Cc1nc(CCC(F)(F)F)no1. The largest absolute Gasteiger partial charge is 0.389 e. The molecule has 0 aromatic carbocycles. The van der Waals surface area contributed by atoms with Crippen LogP contribution in [-0.2, 0) is 12.8 Å². The molecular formula is C12H16F3N3O. The zero-order chi connectivity index (χ0) is 14.5. The fourth-order valence-corrected chi connectivity index (χ4v) is 1.59. The summed E-state index contributed by atoms with van der Waals surface area (Å²) in [5.74, 6) is 0.347. The van der Waals surface area contributed by atoms with Gasteiger partial charge in [-0.05, 0) is 11.8 Å². The summed E-state index contributed by atoms with van der Waals surface area (Å²) in [5.41, 5.74) is -0.289. The smallest absolute Gasteiger partial charge is 0.339 e. The summed E-state index contributed by atoms with van der Waals surface area (Å²) >= 11 is 0. The minimum atomic E-state index is -4.22. The normalized spacial score (nSPS) is 14.9. The van der Waals surface area contributed by atoms with Crippen molar-refractivity contribution in [3.8, 4) is 6.07 Å². The standard InChI is InChI=1S/C12H16F3N3O/c1-3-11(2,6-7-16)8-10-17-9(18-19-10)4-5-12(13,14)15/h3-6,8H2,1-2H3. The van der Waals surface area contributed by atoms with Crippen LogP contribution in [0.3, 0.4) is 0 Å². The Morgan fingerprint density at radius 1 is 1.37 bits per heavy atom. The summed E-state index contributed by atoms with van der Waals surface area (Å²) in [6, 6.07) is 2.09. The molecule has 0 aliphatic rings. The average molecular weight is 275 g/mol. The van der Waals surface area contributed by atoms with Crippen LogP contribution in [0.4, 0.5) is 13.2 Å². The molecule has 0 N–H and O–H groups in total. The first-order valence-electron chi connectivity index (χ1n) is 6.03. The van der Waals surface area contributed by atoms with Crippen LogP contribution in [0.5, 0.6) is 0 Å². The number of halogens is 3. The van der Waals surface area contributed by atoms with E-state index >= 15 is 0 Å². The molecule has 0 bridgehead atoms. The van der Waals surface area contributed by atoms with Crippen LogP contribution in [-0.4, -0.2) is 16.3 Å². The Kier molecular flexibility index (Phi) is 4.92. The predicted molar refractivity (Wildman–Crippen MR) is 61.0 cm³/mol. The Morgan fingerprint density at radius 2 is 2.05 bits per heavy atom. The van der Waals surface area contributed by atoms with Crippen LogP contribution in [0.15, 0.2) is 4.52 Å². The second-order valence-corrected chi connectivity index (χ2v) is 4.90. The maximum Gasteiger partial charge on any atom is 0.389 e. The Labute approximate surface area is 109 Å². The zero-order valence-electron chi connectivity index (χ0n) is 10.9. The number of aryl methyl sites for hydroxylation is 1.